The van der Waals surface area contributed by atoms with Crippen molar-refractivity contribution in [2.75, 3.05) is 11.9 Å². The molecule has 2 heterocycles. The summed E-state index contributed by atoms with van der Waals surface area (Å²) in [6.45, 7) is 2.08. The maximum absolute atomic E-state index is 11.8. The summed E-state index contributed by atoms with van der Waals surface area (Å²) in [7, 11) is 0. The molecule has 0 aliphatic carbocycles. The molecule has 114 valence electrons. The summed E-state index contributed by atoms with van der Waals surface area (Å²) in [5, 5.41) is 11.1. The van der Waals surface area contributed by atoms with Crippen LogP contribution in [0.3, 0.4) is 0 Å². The third-order valence-electron chi connectivity index (χ3n) is 3.29. The molecular weight excluding hydrogens is 306 g/mol. The highest BCUT2D eigenvalue weighted by Gasteiger charge is 2.32. The number of hydrogen-bond donors (Lipinski definition) is 3. The molecule has 1 atom stereocenters. The number of nitrogens with one attached hydrogen (secondary N) is 2. The Morgan fingerprint density at radius 2 is 2.27 bits per heavy atom. The van der Waals surface area contributed by atoms with Gasteiger partial charge in [-0.25, -0.2) is 9.79 Å². The Hall–Kier alpha value is -2.31. The van der Waals surface area contributed by atoms with Crippen molar-refractivity contribution in [2.24, 2.45) is 4.99 Å². The van der Waals surface area contributed by atoms with Gasteiger partial charge in [-0.15, -0.1) is 0 Å². The second-order valence-electron chi connectivity index (χ2n) is 4.76. The van der Waals surface area contributed by atoms with Gasteiger partial charge in [-0.05, 0) is 30.7 Å². The Labute approximate surface area is 131 Å². The van der Waals surface area contributed by atoms with E-state index < -0.39 is 5.18 Å². The van der Waals surface area contributed by atoms with Crippen LogP contribution in [0.5, 0.6) is 0 Å². The number of aromatic amines is 1. The molecule has 1 unspecified atom stereocenters. The lowest BCUT2D eigenvalue weighted by atomic mass is 10.1. The number of carbonyl (C=O) groups excluding carboxylic acids is 1. The number of aromatic nitrogens is 1. The highest BCUT2D eigenvalue weighted by molar-refractivity contribution is 6.24. The molecule has 0 amide bonds. The third kappa shape index (κ3) is 2.58. The van der Waals surface area contributed by atoms with E-state index in [4.69, 9.17) is 16.3 Å². The lowest BCUT2D eigenvalue weighted by Crippen LogP contribution is -2.21. The molecule has 0 saturated heterocycles. The molecule has 1 aliphatic rings. The highest BCUT2D eigenvalue weighted by Crippen LogP contribution is 2.38. The second kappa shape index (κ2) is 5.47. The fraction of sp³-hybridized carbons (Fsp3) is 0.200. The largest absolute Gasteiger partial charge is 0.462 e. The first kappa shape index (κ1) is 14.6. The van der Waals surface area contributed by atoms with E-state index in [1.165, 1.54) is 6.34 Å². The molecule has 0 bridgehead atoms. The van der Waals surface area contributed by atoms with Gasteiger partial charge in [0.25, 0.3) is 5.18 Å². The average Bonchev–Trinajstić information content (AvgIpc) is 2.93. The van der Waals surface area contributed by atoms with Crippen LogP contribution in [0.2, 0.25) is 0 Å². The molecule has 1 aliphatic heterocycles. The fourth-order valence-electron chi connectivity index (χ4n) is 2.25. The summed E-state index contributed by atoms with van der Waals surface area (Å²) in [4.78, 5) is 18.7. The van der Waals surface area contributed by atoms with Crippen LogP contribution in [0.4, 0.5) is 5.82 Å². The summed E-state index contributed by atoms with van der Waals surface area (Å²) < 4.78 is 4.99. The first-order valence-electron chi connectivity index (χ1n) is 6.74. The van der Waals surface area contributed by atoms with Crippen molar-refractivity contribution >= 4 is 29.7 Å². The molecule has 3 rings (SSSR count). The first-order valence-corrected chi connectivity index (χ1v) is 7.11. The van der Waals surface area contributed by atoms with Crippen LogP contribution in [0.25, 0.3) is 11.3 Å². The van der Waals surface area contributed by atoms with Crippen molar-refractivity contribution < 1.29 is 14.6 Å². The number of ether oxygens (including phenoxy) is 1. The van der Waals surface area contributed by atoms with E-state index in [1.807, 2.05) is 6.07 Å². The summed E-state index contributed by atoms with van der Waals surface area (Å²) in [6, 6.07) is 8.69. The van der Waals surface area contributed by atoms with Gasteiger partial charge in [-0.2, -0.15) is 0 Å². The number of rotatable bonds is 3. The number of hydrogen-bond acceptors (Lipinski definition) is 5. The number of alkyl halides is 1. The Morgan fingerprint density at radius 3 is 3.00 bits per heavy atom. The van der Waals surface area contributed by atoms with Gasteiger partial charge >= 0.3 is 5.97 Å². The highest BCUT2D eigenvalue weighted by atomic mass is 35.5. The first-order chi connectivity index (χ1) is 10.5. The number of H-pyrrole nitrogens is 1. The Morgan fingerprint density at radius 1 is 1.45 bits per heavy atom. The van der Waals surface area contributed by atoms with Crippen molar-refractivity contribution in [2.45, 2.75) is 12.1 Å². The summed E-state index contributed by atoms with van der Waals surface area (Å²) in [5.41, 5.74) is 2.35. The lowest BCUT2D eigenvalue weighted by Gasteiger charge is -2.19. The summed E-state index contributed by atoms with van der Waals surface area (Å²) >= 11 is 5.95. The van der Waals surface area contributed by atoms with Gasteiger partial charge in [-0.1, -0.05) is 23.7 Å². The molecule has 0 spiro atoms. The van der Waals surface area contributed by atoms with Gasteiger partial charge in [-0.3, -0.25) is 0 Å². The monoisotopic (exact) mass is 319 g/mol. The molecule has 7 heteroatoms. The third-order valence-corrected chi connectivity index (χ3v) is 3.59. The SMILES string of the molecule is CCOC(=O)c1cccc(-c2cc3c([nH]2)NC=NC3(O)Cl)c1. The quantitative estimate of drug-likeness (QED) is 0.461. The van der Waals surface area contributed by atoms with E-state index in [0.29, 0.717) is 29.2 Å². The van der Waals surface area contributed by atoms with Crippen molar-refractivity contribution in [3.63, 3.8) is 0 Å². The summed E-state index contributed by atoms with van der Waals surface area (Å²) in [6.07, 6.45) is 1.32. The van der Waals surface area contributed by atoms with Crippen molar-refractivity contribution in [1.29, 1.82) is 0 Å². The van der Waals surface area contributed by atoms with E-state index in [1.54, 1.807) is 31.2 Å². The van der Waals surface area contributed by atoms with Crippen LogP contribution >= 0.6 is 11.6 Å². The summed E-state index contributed by atoms with van der Waals surface area (Å²) in [5.74, 6) is 0.181. The Bertz CT molecular complexity index is 752. The minimum absolute atomic E-state index is 0.320. The van der Waals surface area contributed by atoms with E-state index in [2.05, 4.69) is 15.3 Å². The van der Waals surface area contributed by atoms with Gasteiger partial charge in [0.15, 0.2) is 0 Å². The van der Waals surface area contributed by atoms with Crippen molar-refractivity contribution in [3.8, 4) is 11.3 Å². The minimum Gasteiger partial charge on any atom is -0.462 e. The number of halogens is 1. The topological polar surface area (TPSA) is 86.7 Å². The standard InChI is InChI=1S/C15H14ClN3O3/c1-2-22-14(20)10-5-3-4-9(6-10)12-7-11-13(19-12)17-8-18-15(11,16)21/h3-8,19,21H,2H2,1H3,(H,17,18). The zero-order valence-corrected chi connectivity index (χ0v) is 12.5. The normalized spacial score (nSPS) is 19.4. The molecule has 22 heavy (non-hydrogen) atoms. The molecule has 1 aromatic carbocycles. The predicted molar refractivity (Wildman–Crippen MR) is 84.0 cm³/mol. The van der Waals surface area contributed by atoms with Gasteiger partial charge in [0.05, 0.1) is 24.1 Å². The lowest BCUT2D eigenvalue weighted by molar-refractivity contribution is 0.0526. The second-order valence-corrected chi connectivity index (χ2v) is 5.29. The number of aliphatic imine (C=N–C) groups is 1. The molecule has 1 aromatic heterocycles. The molecule has 0 radical (unpaired) electrons. The number of aliphatic hydroxyl groups is 1. The number of nitrogens with zero attached hydrogens (tertiary/aromatic N) is 1. The number of esters is 1. The van der Waals surface area contributed by atoms with Crippen LogP contribution < -0.4 is 5.32 Å². The Balaban J connectivity index is 1.98. The number of benzene rings is 1. The van der Waals surface area contributed by atoms with Crippen LogP contribution in [0, 0.1) is 0 Å². The van der Waals surface area contributed by atoms with Crippen LogP contribution in [-0.2, 0) is 9.92 Å². The smallest absolute Gasteiger partial charge is 0.338 e. The predicted octanol–water partition coefficient (Wildman–Crippen LogP) is 2.65. The number of anilines is 1. The van der Waals surface area contributed by atoms with Gasteiger partial charge in [0, 0.05) is 5.69 Å². The molecule has 2 aromatic rings. The molecule has 0 saturated carbocycles. The maximum atomic E-state index is 11.8. The van der Waals surface area contributed by atoms with E-state index in [0.717, 1.165) is 5.56 Å². The molecule has 6 nitrogen and oxygen atoms in total. The molecule has 0 fully saturated rings. The minimum atomic E-state index is -1.80. The number of fused-ring (bicyclic) bond motifs is 1. The molecule has 3 N–H and O–H groups in total. The van der Waals surface area contributed by atoms with E-state index in [9.17, 15) is 9.90 Å². The van der Waals surface area contributed by atoms with Crippen LogP contribution in [0.1, 0.15) is 22.8 Å². The van der Waals surface area contributed by atoms with E-state index >= 15 is 0 Å². The zero-order chi connectivity index (χ0) is 15.7. The van der Waals surface area contributed by atoms with E-state index in [-0.39, 0.29) is 5.97 Å². The van der Waals surface area contributed by atoms with Gasteiger partial charge in [0.1, 0.15) is 5.82 Å². The van der Waals surface area contributed by atoms with Crippen molar-refractivity contribution in [3.05, 3.63) is 41.5 Å². The van der Waals surface area contributed by atoms with Gasteiger partial charge in [0.2, 0.25) is 0 Å². The van der Waals surface area contributed by atoms with Crippen LogP contribution in [0.15, 0.2) is 35.3 Å². The fourth-order valence-corrected chi connectivity index (χ4v) is 2.45. The Kier molecular flexibility index (Phi) is 3.64. The zero-order valence-electron chi connectivity index (χ0n) is 11.8. The van der Waals surface area contributed by atoms with Crippen LogP contribution in [-0.4, -0.2) is 29.0 Å². The number of carbonyl (C=O) groups is 1. The van der Waals surface area contributed by atoms with Gasteiger partial charge < -0.3 is 20.1 Å². The van der Waals surface area contributed by atoms with Crippen molar-refractivity contribution in [1.82, 2.24) is 4.98 Å². The molecular formula is C15H14ClN3O3. The average molecular weight is 320 g/mol. The maximum Gasteiger partial charge on any atom is 0.338 e.